The first kappa shape index (κ1) is 11.8. The fourth-order valence-electron chi connectivity index (χ4n) is 2.17. The SMILES string of the molecule is Fc1ccc(CCc2ccc3ccccc3n2)cc1. The third-order valence-electron chi connectivity index (χ3n) is 3.24. The molecular formula is C17H14FN. The molecule has 0 spiro atoms. The molecule has 0 fully saturated rings. The molecule has 0 bridgehead atoms. The molecule has 0 radical (unpaired) electrons. The van der Waals surface area contributed by atoms with E-state index in [2.05, 4.69) is 23.2 Å². The molecular weight excluding hydrogens is 237 g/mol. The van der Waals surface area contributed by atoms with Crippen molar-refractivity contribution in [3.8, 4) is 0 Å². The van der Waals surface area contributed by atoms with Crippen LogP contribution in [0.4, 0.5) is 4.39 Å². The van der Waals surface area contributed by atoms with Gasteiger partial charge >= 0.3 is 0 Å². The second-order valence-corrected chi connectivity index (χ2v) is 4.62. The summed E-state index contributed by atoms with van der Waals surface area (Å²) in [6.07, 6.45) is 1.75. The van der Waals surface area contributed by atoms with Crippen LogP contribution in [0, 0.1) is 5.82 Å². The van der Waals surface area contributed by atoms with E-state index in [9.17, 15) is 4.39 Å². The van der Waals surface area contributed by atoms with Gasteiger partial charge in [-0.1, -0.05) is 36.4 Å². The van der Waals surface area contributed by atoms with Gasteiger partial charge in [-0.15, -0.1) is 0 Å². The molecule has 0 aliphatic heterocycles. The zero-order valence-electron chi connectivity index (χ0n) is 10.5. The van der Waals surface area contributed by atoms with Gasteiger partial charge in [-0.05, 0) is 42.7 Å². The Labute approximate surface area is 111 Å². The van der Waals surface area contributed by atoms with E-state index in [0.29, 0.717) is 0 Å². The van der Waals surface area contributed by atoms with Gasteiger partial charge in [-0.3, -0.25) is 4.98 Å². The Balaban J connectivity index is 1.76. The molecule has 1 heterocycles. The summed E-state index contributed by atoms with van der Waals surface area (Å²) >= 11 is 0. The third-order valence-corrected chi connectivity index (χ3v) is 3.24. The molecule has 0 aliphatic rings. The Hall–Kier alpha value is -2.22. The van der Waals surface area contributed by atoms with Gasteiger partial charge in [-0.2, -0.15) is 0 Å². The van der Waals surface area contributed by atoms with Gasteiger partial charge in [0.25, 0.3) is 0 Å². The lowest BCUT2D eigenvalue weighted by molar-refractivity contribution is 0.627. The Morgan fingerprint density at radius 1 is 0.789 bits per heavy atom. The number of halogens is 1. The van der Waals surface area contributed by atoms with E-state index < -0.39 is 0 Å². The highest BCUT2D eigenvalue weighted by molar-refractivity contribution is 5.78. The number of para-hydroxylation sites is 1. The topological polar surface area (TPSA) is 12.9 Å². The van der Waals surface area contributed by atoms with Crippen LogP contribution in [-0.4, -0.2) is 4.98 Å². The minimum atomic E-state index is -0.187. The highest BCUT2D eigenvalue weighted by Crippen LogP contribution is 2.13. The molecule has 1 nitrogen and oxygen atoms in total. The van der Waals surface area contributed by atoms with Crippen molar-refractivity contribution in [3.63, 3.8) is 0 Å². The second-order valence-electron chi connectivity index (χ2n) is 4.62. The van der Waals surface area contributed by atoms with Crippen LogP contribution in [0.15, 0.2) is 60.7 Å². The number of hydrogen-bond acceptors (Lipinski definition) is 1. The minimum Gasteiger partial charge on any atom is -0.253 e. The summed E-state index contributed by atoms with van der Waals surface area (Å²) in [7, 11) is 0. The number of benzene rings is 2. The smallest absolute Gasteiger partial charge is 0.123 e. The molecule has 2 aromatic carbocycles. The number of nitrogens with zero attached hydrogens (tertiary/aromatic N) is 1. The predicted molar refractivity (Wildman–Crippen MR) is 75.6 cm³/mol. The largest absolute Gasteiger partial charge is 0.253 e. The number of rotatable bonds is 3. The lowest BCUT2D eigenvalue weighted by Crippen LogP contribution is -1.95. The zero-order valence-corrected chi connectivity index (χ0v) is 10.5. The van der Waals surface area contributed by atoms with Gasteiger partial charge in [0.2, 0.25) is 0 Å². The van der Waals surface area contributed by atoms with E-state index in [1.54, 1.807) is 0 Å². The van der Waals surface area contributed by atoms with Crippen LogP contribution in [0.2, 0.25) is 0 Å². The molecule has 1 aromatic heterocycles. The van der Waals surface area contributed by atoms with Crippen molar-refractivity contribution >= 4 is 10.9 Å². The second kappa shape index (κ2) is 5.19. The molecule has 0 aliphatic carbocycles. The Kier molecular flexibility index (Phi) is 3.23. The Morgan fingerprint density at radius 2 is 1.58 bits per heavy atom. The molecule has 94 valence electrons. The van der Waals surface area contributed by atoms with Crippen molar-refractivity contribution in [2.45, 2.75) is 12.8 Å². The molecule has 0 N–H and O–H groups in total. The van der Waals surface area contributed by atoms with Crippen molar-refractivity contribution in [2.75, 3.05) is 0 Å². The van der Waals surface area contributed by atoms with Crippen molar-refractivity contribution in [2.24, 2.45) is 0 Å². The molecule has 0 saturated carbocycles. The fraction of sp³-hybridized carbons (Fsp3) is 0.118. The van der Waals surface area contributed by atoms with Crippen LogP contribution in [0.25, 0.3) is 10.9 Å². The average Bonchev–Trinajstić information content (AvgIpc) is 2.46. The third kappa shape index (κ3) is 2.79. The Bertz CT molecular complexity index is 689. The highest BCUT2D eigenvalue weighted by atomic mass is 19.1. The van der Waals surface area contributed by atoms with Crippen molar-refractivity contribution in [1.82, 2.24) is 4.98 Å². The zero-order chi connectivity index (χ0) is 13.1. The van der Waals surface area contributed by atoms with E-state index in [-0.39, 0.29) is 5.82 Å². The summed E-state index contributed by atoms with van der Waals surface area (Å²) in [5, 5.41) is 1.16. The van der Waals surface area contributed by atoms with Crippen LogP contribution < -0.4 is 0 Å². The van der Waals surface area contributed by atoms with E-state index >= 15 is 0 Å². The maximum atomic E-state index is 12.8. The standard InChI is InChI=1S/C17H14FN/c18-15-9-5-13(6-10-15)7-11-16-12-8-14-3-1-2-4-17(14)19-16/h1-6,8-10,12H,7,11H2. The quantitative estimate of drug-likeness (QED) is 0.681. The van der Waals surface area contributed by atoms with Gasteiger partial charge in [0.05, 0.1) is 5.52 Å². The van der Waals surface area contributed by atoms with E-state index in [1.807, 2.05) is 30.3 Å². The van der Waals surface area contributed by atoms with Crippen LogP contribution >= 0.6 is 0 Å². The normalized spacial score (nSPS) is 10.8. The molecule has 0 saturated heterocycles. The molecule has 19 heavy (non-hydrogen) atoms. The number of hydrogen-bond donors (Lipinski definition) is 0. The van der Waals surface area contributed by atoms with Crippen LogP contribution in [0.1, 0.15) is 11.3 Å². The summed E-state index contributed by atoms with van der Waals surface area (Å²) in [6, 6.07) is 18.9. The van der Waals surface area contributed by atoms with Gasteiger partial charge in [0, 0.05) is 11.1 Å². The monoisotopic (exact) mass is 251 g/mol. The maximum absolute atomic E-state index is 12.8. The van der Waals surface area contributed by atoms with Crippen molar-refractivity contribution in [1.29, 1.82) is 0 Å². The molecule has 2 heteroatoms. The summed E-state index contributed by atoms with van der Waals surface area (Å²) in [5.74, 6) is -0.187. The summed E-state index contributed by atoms with van der Waals surface area (Å²) in [4.78, 5) is 4.63. The highest BCUT2D eigenvalue weighted by Gasteiger charge is 2.00. The van der Waals surface area contributed by atoms with Gasteiger partial charge in [-0.25, -0.2) is 4.39 Å². The predicted octanol–water partition coefficient (Wildman–Crippen LogP) is 4.16. The van der Waals surface area contributed by atoms with E-state index in [0.717, 1.165) is 35.0 Å². The minimum absolute atomic E-state index is 0.187. The Morgan fingerprint density at radius 3 is 2.42 bits per heavy atom. The van der Waals surface area contributed by atoms with Gasteiger partial charge in [0.15, 0.2) is 0 Å². The summed E-state index contributed by atoms with van der Waals surface area (Å²) in [5.41, 5.74) is 3.23. The average molecular weight is 251 g/mol. The number of aromatic nitrogens is 1. The summed E-state index contributed by atoms with van der Waals surface area (Å²) < 4.78 is 12.8. The summed E-state index contributed by atoms with van der Waals surface area (Å²) in [6.45, 7) is 0. The molecule has 0 unspecified atom stereocenters. The first-order valence-corrected chi connectivity index (χ1v) is 6.40. The lowest BCUT2D eigenvalue weighted by Gasteiger charge is -2.03. The molecule has 0 atom stereocenters. The number of aryl methyl sites for hydroxylation is 2. The number of pyridine rings is 1. The first-order valence-electron chi connectivity index (χ1n) is 6.40. The van der Waals surface area contributed by atoms with E-state index in [1.165, 1.54) is 12.1 Å². The first-order chi connectivity index (χ1) is 9.31. The van der Waals surface area contributed by atoms with Gasteiger partial charge < -0.3 is 0 Å². The van der Waals surface area contributed by atoms with E-state index in [4.69, 9.17) is 0 Å². The molecule has 3 rings (SSSR count). The lowest BCUT2D eigenvalue weighted by atomic mass is 10.1. The fourth-order valence-corrected chi connectivity index (χ4v) is 2.17. The van der Waals surface area contributed by atoms with Gasteiger partial charge in [0.1, 0.15) is 5.82 Å². The maximum Gasteiger partial charge on any atom is 0.123 e. The molecule has 3 aromatic rings. The van der Waals surface area contributed by atoms with Crippen LogP contribution in [-0.2, 0) is 12.8 Å². The van der Waals surface area contributed by atoms with Crippen LogP contribution in [0.5, 0.6) is 0 Å². The number of fused-ring (bicyclic) bond motifs is 1. The van der Waals surface area contributed by atoms with Crippen molar-refractivity contribution in [3.05, 3.63) is 77.7 Å². The molecule has 0 amide bonds. The van der Waals surface area contributed by atoms with Crippen molar-refractivity contribution < 1.29 is 4.39 Å². The van der Waals surface area contributed by atoms with Crippen LogP contribution in [0.3, 0.4) is 0 Å².